The molecule has 0 bridgehead atoms. The molecule has 2 aliphatic heterocycles. The minimum absolute atomic E-state index is 0.0610. The van der Waals surface area contributed by atoms with Crippen molar-refractivity contribution < 1.29 is 31.5 Å². The molecule has 10 nitrogen and oxygen atoms in total. The number of hydrogen-bond acceptors (Lipinski definition) is 8. The minimum Gasteiger partial charge on any atom is -0.390 e. The van der Waals surface area contributed by atoms with E-state index in [0.29, 0.717) is 25.1 Å². The number of nitrogens with zero attached hydrogens (tertiary/aromatic N) is 4. The van der Waals surface area contributed by atoms with Crippen molar-refractivity contribution in [3.05, 3.63) is 66.5 Å². The molecule has 2 fully saturated rings. The van der Waals surface area contributed by atoms with Crippen LogP contribution in [-0.2, 0) is 21.0 Å². The summed E-state index contributed by atoms with van der Waals surface area (Å²) in [6, 6.07) is 11.4. The predicted molar refractivity (Wildman–Crippen MR) is 141 cm³/mol. The maximum atomic E-state index is 13.3. The first-order valence-electron chi connectivity index (χ1n) is 12.6. The second kappa shape index (κ2) is 11.1. The molecule has 14 heteroatoms. The smallest absolute Gasteiger partial charge is 0.390 e. The summed E-state index contributed by atoms with van der Waals surface area (Å²) in [5.74, 6) is 0.608. The number of pyridine rings is 2. The van der Waals surface area contributed by atoms with Crippen LogP contribution in [0.4, 0.5) is 24.8 Å². The third-order valence-corrected chi connectivity index (χ3v) is 8.79. The molecule has 40 heavy (non-hydrogen) atoms. The molecule has 1 aromatic carbocycles. The van der Waals surface area contributed by atoms with Gasteiger partial charge in [0, 0.05) is 38.6 Å². The van der Waals surface area contributed by atoms with Crippen molar-refractivity contribution in [1.82, 2.24) is 19.6 Å². The number of benzene rings is 1. The van der Waals surface area contributed by atoms with Crippen molar-refractivity contribution in [2.45, 2.75) is 29.6 Å². The average Bonchev–Trinajstić information content (AvgIpc) is 2.94. The number of halogens is 3. The van der Waals surface area contributed by atoms with E-state index in [-0.39, 0.29) is 42.7 Å². The number of rotatable bonds is 6. The summed E-state index contributed by atoms with van der Waals surface area (Å²) >= 11 is 0. The number of sulfonamides is 1. The molecule has 3 aromatic rings. The van der Waals surface area contributed by atoms with Gasteiger partial charge in [-0.1, -0.05) is 12.1 Å². The van der Waals surface area contributed by atoms with E-state index >= 15 is 0 Å². The molecule has 212 valence electrons. The molecule has 0 radical (unpaired) electrons. The van der Waals surface area contributed by atoms with Gasteiger partial charge in [0.1, 0.15) is 11.6 Å². The summed E-state index contributed by atoms with van der Waals surface area (Å²) < 4.78 is 66.1. The van der Waals surface area contributed by atoms with E-state index in [2.05, 4.69) is 20.6 Å². The van der Waals surface area contributed by atoms with Gasteiger partial charge in [0.05, 0.1) is 29.1 Å². The highest BCUT2D eigenvalue weighted by Crippen LogP contribution is 2.30. The molecule has 4 heterocycles. The summed E-state index contributed by atoms with van der Waals surface area (Å²) in [6.07, 6.45) is -3.07. The van der Waals surface area contributed by atoms with Crippen LogP contribution in [0.1, 0.15) is 12.0 Å². The van der Waals surface area contributed by atoms with Gasteiger partial charge in [-0.2, -0.15) is 17.5 Å². The molecule has 2 aromatic heterocycles. The number of hydrogen-bond donors (Lipinski definition) is 3. The summed E-state index contributed by atoms with van der Waals surface area (Å²) in [5, 5.41) is 16.5. The second-order valence-electron chi connectivity index (χ2n) is 9.55. The number of piperazine rings is 1. The summed E-state index contributed by atoms with van der Waals surface area (Å²) in [6.45, 7) is 1.33. The first kappa shape index (κ1) is 28.0. The fraction of sp³-hybridized carbons (Fsp3) is 0.346. The highest BCUT2D eigenvalue weighted by molar-refractivity contribution is 7.89. The van der Waals surface area contributed by atoms with E-state index in [1.165, 1.54) is 22.5 Å². The number of carbonyl (C=O) groups is 1. The maximum absolute atomic E-state index is 13.3. The number of carbonyl (C=O) groups excluding carboxylic acids is 1. The van der Waals surface area contributed by atoms with E-state index in [0.717, 1.165) is 17.2 Å². The summed E-state index contributed by atoms with van der Waals surface area (Å²) in [5.41, 5.74) is 0.640. The maximum Gasteiger partial charge on any atom is 0.417 e. The first-order valence-corrected chi connectivity index (χ1v) is 14.0. The number of β-amino-alcohol motifs (C(OH)–C–C–N with tert-alkyl or cyclic N) is 1. The van der Waals surface area contributed by atoms with Crippen LogP contribution in [0.25, 0.3) is 11.1 Å². The van der Waals surface area contributed by atoms with Crippen molar-refractivity contribution in [2.75, 3.05) is 42.9 Å². The summed E-state index contributed by atoms with van der Waals surface area (Å²) in [7, 11) is -3.91. The first-order chi connectivity index (χ1) is 19.0. The van der Waals surface area contributed by atoms with Crippen molar-refractivity contribution in [2.24, 2.45) is 0 Å². The topological polar surface area (TPSA) is 128 Å². The molecule has 2 saturated heterocycles. The van der Waals surface area contributed by atoms with Crippen molar-refractivity contribution in [3.63, 3.8) is 0 Å². The van der Waals surface area contributed by atoms with Crippen molar-refractivity contribution in [1.29, 1.82) is 0 Å². The lowest BCUT2D eigenvalue weighted by Crippen LogP contribution is -2.51. The highest BCUT2D eigenvalue weighted by Gasteiger charge is 2.35. The number of aliphatic hydroxyl groups is 1. The molecule has 0 unspecified atom stereocenters. The number of aromatic nitrogens is 2. The van der Waals surface area contributed by atoms with Crippen LogP contribution in [0, 0.1) is 0 Å². The molecule has 1 amide bonds. The van der Waals surface area contributed by atoms with Gasteiger partial charge in [-0.25, -0.2) is 18.4 Å². The zero-order chi connectivity index (χ0) is 28.5. The van der Waals surface area contributed by atoms with Crippen molar-refractivity contribution >= 4 is 27.6 Å². The fourth-order valence-corrected chi connectivity index (χ4v) is 6.16. The average molecular weight is 577 g/mol. The number of alkyl halides is 3. The second-order valence-corrected chi connectivity index (χ2v) is 11.5. The van der Waals surface area contributed by atoms with Crippen LogP contribution in [0.2, 0.25) is 0 Å². The number of piperidine rings is 1. The van der Waals surface area contributed by atoms with E-state index in [4.69, 9.17) is 0 Å². The number of nitrogens with one attached hydrogen (secondary N) is 2. The lowest BCUT2D eigenvalue weighted by molar-refractivity contribution is -0.137. The Labute approximate surface area is 228 Å². The van der Waals surface area contributed by atoms with Gasteiger partial charge in [-0.05, 0) is 53.9 Å². The van der Waals surface area contributed by atoms with Crippen molar-refractivity contribution in [3.8, 4) is 11.1 Å². The van der Waals surface area contributed by atoms with Gasteiger partial charge in [0.25, 0.3) is 0 Å². The predicted octanol–water partition coefficient (Wildman–Crippen LogP) is 2.33. The molecular formula is C26H27F3N6O4S. The molecule has 2 atom stereocenters. The quantitative estimate of drug-likeness (QED) is 0.408. The Bertz CT molecular complexity index is 1470. The largest absolute Gasteiger partial charge is 0.417 e. The van der Waals surface area contributed by atoms with Gasteiger partial charge in [0.2, 0.25) is 15.9 Å². The number of aliphatic hydroxyl groups excluding tert-OH is 1. The van der Waals surface area contributed by atoms with E-state index in [1.807, 2.05) is 0 Å². The van der Waals surface area contributed by atoms with E-state index in [1.54, 1.807) is 35.4 Å². The number of amides is 1. The normalized spacial score (nSPS) is 20.9. The third-order valence-electron chi connectivity index (χ3n) is 6.91. The van der Waals surface area contributed by atoms with Gasteiger partial charge < -0.3 is 15.7 Å². The van der Waals surface area contributed by atoms with Crippen LogP contribution in [0.5, 0.6) is 0 Å². The standard InChI is InChI=1S/C26H27F3N6O4S/c27-26(28,29)19-3-6-23(32-14-19)33-21-8-11-34(16-22(21)36)40(38,39)20-4-1-17(2-5-20)18-7-9-31-24(13-18)35-12-10-30-15-25(35)37/h1-7,9,13-14,21-22,30,36H,8,10-12,15-16H2,(H,32,33)/t21-,22+/m1/s1. The Morgan fingerprint density at radius 3 is 2.45 bits per heavy atom. The van der Waals surface area contributed by atoms with Crippen LogP contribution in [0.3, 0.4) is 0 Å². The van der Waals surface area contributed by atoms with Gasteiger partial charge in [-0.3, -0.25) is 9.69 Å². The minimum atomic E-state index is -4.50. The fourth-order valence-electron chi connectivity index (χ4n) is 4.69. The van der Waals surface area contributed by atoms with Gasteiger partial charge in [0.15, 0.2) is 0 Å². The Morgan fingerprint density at radius 1 is 1.02 bits per heavy atom. The Hall–Kier alpha value is -3.59. The Balaban J connectivity index is 1.24. The summed E-state index contributed by atoms with van der Waals surface area (Å²) in [4.78, 5) is 22.0. The zero-order valence-corrected chi connectivity index (χ0v) is 22.0. The Morgan fingerprint density at radius 2 is 1.80 bits per heavy atom. The monoisotopic (exact) mass is 576 g/mol. The number of anilines is 2. The molecule has 0 saturated carbocycles. The van der Waals surface area contributed by atoms with Crippen LogP contribution >= 0.6 is 0 Å². The Kier molecular flexibility index (Phi) is 7.77. The molecule has 0 spiro atoms. The highest BCUT2D eigenvalue weighted by atomic mass is 32.2. The zero-order valence-electron chi connectivity index (χ0n) is 21.2. The molecule has 5 rings (SSSR count). The SMILES string of the molecule is O=C1CNCCN1c1cc(-c2ccc(S(=O)(=O)N3CC[C@@H](Nc4ccc(C(F)(F)F)cn4)[C@@H](O)C3)cc2)ccn1. The lowest BCUT2D eigenvalue weighted by atomic mass is 10.0. The lowest BCUT2D eigenvalue weighted by Gasteiger charge is -2.35. The van der Waals surface area contributed by atoms with Crippen LogP contribution in [-0.4, -0.2) is 78.6 Å². The molecular weight excluding hydrogens is 549 g/mol. The third kappa shape index (κ3) is 5.94. The van der Waals surface area contributed by atoms with Gasteiger partial charge >= 0.3 is 6.18 Å². The van der Waals surface area contributed by atoms with Gasteiger partial charge in [-0.15, -0.1) is 0 Å². The molecule has 3 N–H and O–H groups in total. The van der Waals surface area contributed by atoms with Crippen LogP contribution < -0.4 is 15.5 Å². The van der Waals surface area contributed by atoms with E-state index < -0.39 is 33.9 Å². The van der Waals surface area contributed by atoms with Crippen LogP contribution in [0.15, 0.2) is 65.8 Å². The molecule has 2 aliphatic rings. The molecule has 0 aliphatic carbocycles. The van der Waals surface area contributed by atoms with E-state index in [9.17, 15) is 31.5 Å².